The Morgan fingerprint density at radius 3 is 2.35 bits per heavy atom. The zero-order valence-electron chi connectivity index (χ0n) is 12.3. The van der Waals surface area contributed by atoms with Crippen molar-refractivity contribution in [1.29, 1.82) is 5.26 Å². The third-order valence-corrected chi connectivity index (χ3v) is 2.90. The number of esters is 1. The Morgan fingerprint density at radius 1 is 1.00 bits per heavy atom. The molecule has 2 aromatic carbocycles. The number of amides is 1. The van der Waals surface area contributed by atoms with Gasteiger partial charge in [-0.05, 0) is 36.4 Å². The fourth-order valence-corrected chi connectivity index (χ4v) is 1.75. The summed E-state index contributed by atoms with van der Waals surface area (Å²) in [5.41, 5.74) is 5.98. The molecule has 0 bridgehead atoms. The van der Waals surface area contributed by atoms with Crippen molar-refractivity contribution < 1.29 is 14.3 Å². The van der Waals surface area contributed by atoms with Gasteiger partial charge in [0.15, 0.2) is 0 Å². The lowest BCUT2D eigenvalue weighted by molar-refractivity contribution is 0.0734. The lowest BCUT2D eigenvalue weighted by atomic mass is 10.2. The number of nitriles is 1. The van der Waals surface area contributed by atoms with Crippen LogP contribution in [0.5, 0.6) is 5.75 Å². The van der Waals surface area contributed by atoms with E-state index < -0.39 is 5.97 Å². The van der Waals surface area contributed by atoms with Gasteiger partial charge in [-0.1, -0.05) is 18.2 Å². The first kappa shape index (κ1) is 16.2. The van der Waals surface area contributed by atoms with E-state index in [0.717, 1.165) is 0 Å². The van der Waals surface area contributed by atoms with E-state index >= 15 is 0 Å². The number of carbonyl (C=O) groups is 2. The molecule has 0 aliphatic carbocycles. The van der Waals surface area contributed by atoms with Crippen LogP contribution in [0.3, 0.4) is 0 Å². The number of nitrogens with zero attached hydrogens (tertiary/aromatic N) is 1. The van der Waals surface area contributed by atoms with Crippen molar-refractivity contribution in [2.75, 3.05) is 6.54 Å². The summed E-state index contributed by atoms with van der Waals surface area (Å²) in [7, 11) is 0. The minimum atomic E-state index is -0.457. The number of nitrogens with one attached hydrogen (secondary N) is 2. The summed E-state index contributed by atoms with van der Waals surface area (Å²) >= 11 is 0. The highest BCUT2D eigenvalue weighted by molar-refractivity contribution is 5.94. The van der Waals surface area contributed by atoms with Gasteiger partial charge in [-0.25, -0.2) is 10.2 Å². The lowest BCUT2D eigenvalue weighted by Crippen LogP contribution is -2.37. The number of ether oxygens (including phenoxy) is 1. The van der Waals surface area contributed by atoms with Crippen molar-refractivity contribution in [2.45, 2.75) is 6.42 Å². The third kappa shape index (κ3) is 4.95. The molecule has 2 rings (SSSR count). The first-order valence-electron chi connectivity index (χ1n) is 6.98. The Hall–Kier alpha value is -3.17. The summed E-state index contributed by atoms with van der Waals surface area (Å²) in [5.74, 6) is -0.433. The van der Waals surface area contributed by atoms with Crippen LogP contribution in [-0.2, 0) is 0 Å². The number of carbonyl (C=O) groups excluding carboxylic acids is 2. The largest absolute Gasteiger partial charge is 0.423 e. The van der Waals surface area contributed by atoms with Gasteiger partial charge in [0, 0.05) is 18.5 Å². The Bertz CT molecular complexity index is 706. The normalized spacial score (nSPS) is 9.70. The molecular formula is C17H15N3O3. The second-order valence-electron chi connectivity index (χ2n) is 4.57. The number of hydrogen-bond acceptors (Lipinski definition) is 5. The number of hydrazine groups is 1. The van der Waals surface area contributed by atoms with Crippen LogP contribution in [0, 0.1) is 11.3 Å². The van der Waals surface area contributed by atoms with Gasteiger partial charge in [0.25, 0.3) is 5.91 Å². The average Bonchev–Trinajstić information content (AvgIpc) is 2.60. The fourth-order valence-electron chi connectivity index (χ4n) is 1.75. The lowest BCUT2D eigenvalue weighted by Gasteiger charge is -2.07. The van der Waals surface area contributed by atoms with Gasteiger partial charge in [-0.3, -0.25) is 10.2 Å². The molecular weight excluding hydrogens is 294 g/mol. The first-order valence-corrected chi connectivity index (χ1v) is 6.98. The summed E-state index contributed by atoms with van der Waals surface area (Å²) in [6.45, 7) is 0.370. The van der Waals surface area contributed by atoms with E-state index in [1.165, 1.54) is 0 Å². The highest BCUT2D eigenvalue weighted by atomic mass is 16.5. The number of benzene rings is 2. The van der Waals surface area contributed by atoms with Crippen LogP contribution in [0.15, 0.2) is 54.6 Å². The van der Waals surface area contributed by atoms with Gasteiger partial charge in [0.05, 0.1) is 11.6 Å². The first-order chi connectivity index (χ1) is 11.2. The van der Waals surface area contributed by atoms with Crippen LogP contribution in [0.2, 0.25) is 0 Å². The summed E-state index contributed by atoms with van der Waals surface area (Å²) < 4.78 is 5.23. The molecule has 0 heterocycles. The van der Waals surface area contributed by atoms with Gasteiger partial charge in [0.2, 0.25) is 0 Å². The molecule has 0 atom stereocenters. The summed E-state index contributed by atoms with van der Waals surface area (Å²) in [6, 6.07) is 16.8. The second-order valence-corrected chi connectivity index (χ2v) is 4.57. The van der Waals surface area contributed by atoms with Gasteiger partial charge in [0.1, 0.15) is 5.75 Å². The molecule has 0 aliphatic heterocycles. The molecule has 2 aromatic rings. The highest BCUT2D eigenvalue weighted by Gasteiger charge is 2.09. The fraction of sp³-hybridized carbons (Fsp3) is 0.118. The summed E-state index contributed by atoms with van der Waals surface area (Å²) in [4.78, 5) is 23.7. The van der Waals surface area contributed by atoms with Crippen molar-refractivity contribution >= 4 is 11.9 Å². The predicted octanol–water partition coefficient (Wildman–Crippen LogP) is 2.05. The summed E-state index contributed by atoms with van der Waals surface area (Å²) in [5, 5.41) is 8.39. The van der Waals surface area contributed by atoms with Gasteiger partial charge in [-0.2, -0.15) is 5.26 Å². The summed E-state index contributed by atoms with van der Waals surface area (Å²) in [6.07, 6.45) is 0.300. The van der Waals surface area contributed by atoms with Crippen LogP contribution in [0.4, 0.5) is 0 Å². The van der Waals surface area contributed by atoms with E-state index in [4.69, 9.17) is 10.00 Å². The third-order valence-electron chi connectivity index (χ3n) is 2.90. The zero-order chi connectivity index (χ0) is 16.5. The van der Waals surface area contributed by atoms with Gasteiger partial charge >= 0.3 is 5.97 Å². The smallest absolute Gasteiger partial charge is 0.343 e. The van der Waals surface area contributed by atoms with Crippen LogP contribution in [0.25, 0.3) is 0 Å². The molecule has 0 spiro atoms. The Morgan fingerprint density at radius 2 is 1.70 bits per heavy atom. The highest BCUT2D eigenvalue weighted by Crippen LogP contribution is 2.14. The maximum absolute atomic E-state index is 11.9. The molecule has 0 aromatic heterocycles. The van der Waals surface area contributed by atoms with Crippen molar-refractivity contribution in [3.05, 3.63) is 65.7 Å². The van der Waals surface area contributed by atoms with E-state index in [1.807, 2.05) is 12.1 Å². The maximum Gasteiger partial charge on any atom is 0.343 e. The standard InChI is InChI=1S/C17H15N3O3/c18-11-4-12-19-20-16(21)13-7-9-15(10-8-13)23-17(22)14-5-2-1-3-6-14/h1-3,5-10,19H,4,12H2,(H,20,21). The van der Waals surface area contributed by atoms with Crippen molar-refractivity contribution in [3.63, 3.8) is 0 Å². The molecule has 0 aliphatic rings. The number of rotatable bonds is 6. The van der Waals surface area contributed by atoms with Crippen molar-refractivity contribution in [3.8, 4) is 11.8 Å². The van der Waals surface area contributed by atoms with E-state index in [9.17, 15) is 9.59 Å². The molecule has 23 heavy (non-hydrogen) atoms. The molecule has 6 nitrogen and oxygen atoms in total. The average molecular weight is 309 g/mol. The van der Waals surface area contributed by atoms with Gasteiger partial charge in [-0.15, -0.1) is 0 Å². The Labute approximate surface area is 133 Å². The molecule has 0 saturated heterocycles. The monoisotopic (exact) mass is 309 g/mol. The number of hydrogen-bond donors (Lipinski definition) is 2. The zero-order valence-corrected chi connectivity index (χ0v) is 12.3. The molecule has 1 amide bonds. The predicted molar refractivity (Wildman–Crippen MR) is 83.5 cm³/mol. The molecule has 0 fully saturated rings. The quantitative estimate of drug-likeness (QED) is 0.369. The molecule has 2 N–H and O–H groups in total. The molecule has 0 radical (unpaired) electrons. The Balaban J connectivity index is 1.90. The van der Waals surface area contributed by atoms with E-state index in [2.05, 4.69) is 10.9 Å². The van der Waals surface area contributed by atoms with Crippen LogP contribution >= 0.6 is 0 Å². The minimum Gasteiger partial charge on any atom is -0.423 e. The SMILES string of the molecule is N#CCCNNC(=O)c1ccc(OC(=O)c2ccccc2)cc1. The second kappa shape index (κ2) is 8.32. The molecule has 116 valence electrons. The molecule has 0 saturated carbocycles. The maximum atomic E-state index is 11.9. The topological polar surface area (TPSA) is 91.2 Å². The van der Waals surface area contributed by atoms with Crippen LogP contribution in [-0.4, -0.2) is 18.4 Å². The van der Waals surface area contributed by atoms with E-state index in [1.54, 1.807) is 48.5 Å². The Kier molecular flexibility index (Phi) is 5.86. The van der Waals surface area contributed by atoms with Crippen LogP contribution < -0.4 is 15.6 Å². The van der Waals surface area contributed by atoms with Crippen molar-refractivity contribution in [1.82, 2.24) is 10.9 Å². The molecule has 0 unspecified atom stereocenters. The van der Waals surface area contributed by atoms with Gasteiger partial charge < -0.3 is 4.74 Å². The van der Waals surface area contributed by atoms with E-state index in [0.29, 0.717) is 29.8 Å². The minimum absolute atomic E-state index is 0.300. The molecule has 6 heteroatoms. The van der Waals surface area contributed by atoms with Crippen molar-refractivity contribution in [2.24, 2.45) is 0 Å². The van der Waals surface area contributed by atoms with Crippen LogP contribution in [0.1, 0.15) is 27.1 Å². The van der Waals surface area contributed by atoms with E-state index in [-0.39, 0.29) is 5.91 Å².